The van der Waals surface area contributed by atoms with E-state index >= 15 is 0 Å². The molecule has 6 heteroatoms. The second-order valence-corrected chi connectivity index (χ2v) is 6.98. The lowest BCUT2D eigenvalue weighted by atomic mass is 10.2. The molecule has 2 amide bonds. The van der Waals surface area contributed by atoms with Crippen molar-refractivity contribution in [3.63, 3.8) is 0 Å². The summed E-state index contributed by atoms with van der Waals surface area (Å²) < 4.78 is 5.67. The van der Waals surface area contributed by atoms with Crippen LogP contribution in [0.4, 0.5) is 0 Å². The van der Waals surface area contributed by atoms with Crippen molar-refractivity contribution in [2.45, 2.75) is 19.9 Å². The SMILES string of the molecule is Cc1ccc(C(=O)NCCC(=O)N2CCOc3ccccc3C2)s1. The average Bonchev–Trinajstić information content (AvgIpc) is 2.90. The van der Waals surface area contributed by atoms with Gasteiger partial charge >= 0.3 is 0 Å². The summed E-state index contributed by atoms with van der Waals surface area (Å²) in [5, 5.41) is 2.81. The zero-order valence-electron chi connectivity index (χ0n) is 13.6. The summed E-state index contributed by atoms with van der Waals surface area (Å²) in [5.41, 5.74) is 1.02. The molecule has 0 aliphatic carbocycles. The van der Waals surface area contributed by atoms with E-state index in [1.54, 1.807) is 11.0 Å². The predicted octanol–water partition coefficient (Wildman–Crippen LogP) is 2.60. The molecular formula is C18H20N2O3S. The van der Waals surface area contributed by atoms with Crippen LogP contribution in [0.15, 0.2) is 36.4 Å². The number of aryl methyl sites for hydroxylation is 1. The van der Waals surface area contributed by atoms with E-state index in [4.69, 9.17) is 4.74 Å². The fraction of sp³-hybridized carbons (Fsp3) is 0.333. The molecule has 0 spiro atoms. The topological polar surface area (TPSA) is 58.6 Å². The number of nitrogens with one attached hydrogen (secondary N) is 1. The molecule has 0 fully saturated rings. The Hall–Kier alpha value is -2.34. The highest BCUT2D eigenvalue weighted by atomic mass is 32.1. The fourth-order valence-electron chi connectivity index (χ4n) is 2.62. The van der Waals surface area contributed by atoms with Gasteiger partial charge in [-0.15, -0.1) is 11.3 Å². The van der Waals surface area contributed by atoms with Gasteiger partial charge in [-0.1, -0.05) is 18.2 Å². The molecule has 24 heavy (non-hydrogen) atoms. The van der Waals surface area contributed by atoms with Gasteiger partial charge in [-0.05, 0) is 25.1 Å². The number of hydrogen-bond donors (Lipinski definition) is 1. The number of nitrogens with zero attached hydrogens (tertiary/aromatic N) is 1. The van der Waals surface area contributed by atoms with Crippen LogP contribution in [-0.2, 0) is 11.3 Å². The maximum absolute atomic E-state index is 12.4. The number of carbonyl (C=O) groups is 2. The molecule has 5 nitrogen and oxygen atoms in total. The number of benzene rings is 1. The van der Waals surface area contributed by atoms with Crippen LogP contribution < -0.4 is 10.1 Å². The van der Waals surface area contributed by atoms with Crippen LogP contribution in [0.3, 0.4) is 0 Å². The van der Waals surface area contributed by atoms with E-state index in [9.17, 15) is 9.59 Å². The van der Waals surface area contributed by atoms with E-state index in [1.807, 2.05) is 37.3 Å². The number of carbonyl (C=O) groups excluding carboxylic acids is 2. The third kappa shape index (κ3) is 3.94. The Labute approximate surface area is 145 Å². The maximum Gasteiger partial charge on any atom is 0.261 e. The van der Waals surface area contributed by atoms with E-state index in [0.29, 0.717) is 31.1 Å². The van der Waals surface area contributed by atoms with Gasteiger partial charge in [0, 0.05) is 30.0 Å². The van der Waals surface area contributed by atoms with Gasteiger partial charge in [-0.2, -0.15) is 0 Å². The largest absolute Gasteiger partial charge is 0.491 e. The molecule has 1 aliphatic heterocycles. The Morgan fingerprint density at radius 3 is 2.88 bits per heavy atom. The quantitative estimate of drug-likeness (QED) is 0.927. The highest BCUT2D eigenvalue weighted by Crippen LogP contribution is 2.22. The molecule has 0 saturated heterocycles. The molecular weight excluding hydrogens is 324 g/mol. The van der Waals surface area contributed by atoms with Crippen molar-refractivity contribution in [3.05, 3.63) is 51.7 Å². The van der Waals surface area contributed by atoms with E-state index in [1.165, 1.54) is 11.3 Å². The van der Waals surface area contributed by atoms with Gasteiger partial charge < -0.3 is 15.0 Å². The average molecular weight is 344 g/mol. The van der Waals surface area contributed by atoms with Crippen LogP contribution in [0, 0.1) is 6.92 Å². The first-order valence-electron chi connectivity index (χ1n) is 7.96. The van der Waals surface area contributed by atoms with Crippen molar-refractivity contribution in [1.82, 2.24) is 10.2 Å². The van der Waals surface area contributed by atoms with Gasteiger partial charge in [0.15, 0.2) is 0 Å². The molecule has 1 aromatic carbocycles. The normalized spacial score (nSPS) is 13.6. The minimum absolute atomic E-state index is 0.0259. The first kappa shape index (κ1) is 16.5. The van der Waals surface area contributed by atoms with Gasteiger partial charge in [0.1, 0.15) is 12.4 Å². The van der Waals surface area contributed by atoms with Gasteiger partial charge in [-0.25, -0.2) is 0 Å². The van der Waals surface area contributed by atoms with Crippen molar-refractivity contribution in [2.75, 3.05) is 19.7 Å². The molecule has 3 rings (SSSR count). The number of para-hydroxylation sites is 1. The molecule has 0 radical (unpaired) electrons. The van der Waals surface area contributed by atoms with Crippen LogP contribution in [0.5, 0.6) is 5.75 Å². The van der Waals surface area contributed by atoms with Crippen molar-refractivity contribution >= 4 is 23.2 Å². The zero-order valence-corrected chi connectivity index (χ0v) is 14.4. The van der Waals surface area contributed by atoms with E-state index in [-0.39, 0.29) is 18.2 Å². The Morgan fingerprint density at radius 2 is 2.08 bits per heavy atom. The van der Waals surface area contributed by atoms with E-state index < -0.39 is 0 Å². The Morgan fingerprint density at radius 1 is 1.25 bits per heavy atom. The Kier molecular flexibility index (Phi) is 5.15. The van der Waals surface area contributed by atoms with Crippen LogP contribution in [-0.4, -0.2) is 36.4 Å². The van der Waals surface area contributed by atoms with Crippen LogP contribution in [0.25, 0.3) is 0 Å². The smallest absolute Gasteiger partial charge is 0.261 e. The lowest BCUT2D eigenvalue weighted by molar-refractivity contribution is -0.131. The van der Waals surface area contributed by atoms with Gasteiger partial charge in [-0.3, -0.25) is 9.59 Å². The minimum atomic E-state index is -0.120. The third-order valence-corrected chi connectivity index (χ3v) is 4.89. The lowest BCUT2D eigenvalue weighted by Gasteiger charge is -2.19. The minimum Gasteiger partial charge on any atom is -0.491 e. The monoisotopic (exact) mass is 344 g/mol. The molecule has 0 bridgehead atoms. The Balaban J connectivity index is 1.51. The van der Waals surface area contributed by atoms with Crippen molar-refractivity contribution in [2.24, 2.45) is 0 Å². The lowest BCUT2D eigenvalue weighted by Crippen LogP contribution is -2.35. The van der Waals surface area contributed by atoms with Gasteiger partial charge in [0.25, 0.3) is 5.91 Å². The second kappa shape index (κ2) is 7.49. The molecule has 2 heterocycles. The number of rotatable bonds is 4. The number of ether oxygens (including phenoxy) is 1. The summed E-state index contributed by atoms with van der Waals surface area (Å²) in [7, 11) is 0. The maximum atomic E-state index is 12.4. The molecule has 0 unspecified atom stereocenters. The summed E-state index contributed by atoms with van der Waals surface area (Å²) in [6, 6.07) is 11.5. The van der Waals surface area contributed by atoms with Crippen LogP contribution in [0.1, 0.15) is 26.5 Å². The summed E-state index contributed by atoms with van der Waals surface area (Å²) in [6.45, 7) is 3.90. The first-order chi connectivity index (χ1) is 11.6. The number of thiophene rings is 1. The van der Waals surface area contributed by atoms with E-state index in [0.717, 1.165) is 16.2 Å². The number of fused-ring (bicyclic) bond motifs is 1. The second-order valence-electron chi connectivity index (χ2n) is 5.69. The summed E-state index contributed by atoms with van der Waals surface area (Å²) in [4.78, 5) is 28.0. The molecule has 1 aromatic heterocycles. The highest BCUT2D eigenvalue weighted by molar-refractivity contribution is 7.13. The van der Waals surface area contributed by atoms with Gasteiger partial charge in [0.2, 0.25) is 5.91 Å². The Bertz CT molecular complexity index is 741. The molecule has 2 aromatic rings. The molecule has 1 N–H and O–H groups in total. The van der Waals surface area contributed by atoms with Crippen molar-refractivity contribution in [3.8, 4) is 5.75 Å². The first-order valence-corrected chi connectivity index (χ1v) is 8.78. The third-order valence-electron chi connectivity index (χ3n) is 3.89. The summed E-state index contributed by atoms with van der Waals surface area (Å²) >= 11 is 1.45. The number of hydrogen-bond acceptors (Lipinski definition) is 4. The number of amides is 2. The van der Waals surface area contributed by atoms with E-state index in [2.05, 4.69) is 5.32 Å². The molecule has 126 valence electrons. The highest BCUT2D eigenvalue weighted by Gasteiger charge is 2.19. The fourth-order valence-corrected chi connectivity index (χ4v) is 3.41. The summed E-state index contributed by atoms with van der Waals surface area (Å²) in [6.07, 6.45) is 0.290. The standard InChI is InChI=1S/C18H20N2O3S/c1-13-6-7-16(24-13)18(22)19-9-8-17(21)20-10-11-23-15-5-3-2-4-14(15)12-20/h2-7H,8-12H2,1H3,(H,19,22). The van der Waals surface area contributed by atoms with Crippen molar-refractivity contribution < 1.29 is 14.3 Å². The molecule has 1 aliphatic rings. The van der Waals surface area contributed by atoms with Crippen molar-refractivity contribution in [1.29, 1.82) is 0 Å². The zero-order chi connectivity index (χ0) is 16.9. The summed E-state index contributed by atoms with van der Waals surface area (Å²) in [5.74, 6) is 0.748. The molecule has 0 atom stereocenters. The van der Waals surface area contributed by atoms with Gasteiger partial charge in [0.05, 0.1) is 11.4 Å². The van der Waals surface area contributed by atoms with Crippen LogP contribution >= 0.6 is 11.3 Å². The van der Waals surface area contributed by atoms with Crippen LogP contribution in [0.2, 0.25) is 0 Å². The predicted molar refractivity (Wildman–Crippen MR) is 93.4 cm³/mol. The molecule has 0 saturated carbocycles.